The lowest BCUT2D eigenvalue weighted by Gasteiger charge is -2.06. The van der Waals surface area contributed by atoms with Gasteiger partial charge in [-0.15, -0.1) is 0 Å². The van der Waals surface area contributed by atoms with E-state index in [1.165, 1.54) is 5.56 Å². The van der Waals surface area contributed by atoms with Crippen LogP contribution in [0.3, 0.4) is 0 Å². The Morgan fingerprint density at radius 1 is 1.10 bits per heavy atom. The van der Waals surface area contributed by atoms with Crippen molar-refractivity contribution in [3.8, 4) is 0 Å². The van der Waals surface area contributed by atoms with Crippen LogP contribution in [-0.2, 0) is 13.1 Å². The highest BCUT2D eigenvalue weighted by Crippen LogP contribution is 2.14. The van der Waals surface area contributed by atoms with Crippen molar-refractivity contribution >= 4 is 22.5 Å². The molecule has 1 heterocycles. The van der Waals surface area contributed by atoms with Crippen molar-refractivity contribution in [2.75, 3.05) is 0 Å². The third-order valence-corrected chi connectivity index (χ3v) is 3.42. The lowest BCUT2D eigenvalue weighted by molar-refractivity contribution is 0.663. The summed E-state index contributed by atoms with van der Waals surface area (Å²) in [7, 11) is 0. The number of rotatable bonds is 4. The largest absolute Gasteiger partial charge is 0.309 e. The molecule has 0 spiro atoms. The van der Waals surface area contributed by atoms with E-state index in [4.69, 9.17) is 11.6 Å². The van der Waals surface area contributed by atoms with E-state index >= 15 is 0 Å². The molecule has 0 saturated carbocycles. The Hall–Kier alpha value is -2.17. The quantitative estimate of drug-likeness (QED) is 0.779. The van der Waals surface area contributed by atoms with Gasteiger partial charge in [0.15, 0.2) is 0 Å². The van der Waals surface area contributed by atoms with Crippen molar-refractivity contribution in [2.45, 2.75) is 13.1 Å². The van der Waals surface area contributed by atoms with Crippen LogP contribution in [0.2, 0.25) is 5.02 Å². The van der Waals surface area contributed by atoms with Crippen molar-refractivity contribution in [2.24, 2.45) is 0 Å². The second-order valence-corrected chi connectivity index (χ2v) is 5.20. The molecule has 1 aromatic heterocycles. The first-order valence-corrected chi connectivity index (χ1v) is 7.03. The van der Waals surface area contributed by atoms with E-state index in [0.717, 1.165) is 6.54 Å². The number of hydrogen-bond donors (Lipinski definition) is 2. The molecule has 2 N–H and O–H groups in total. The van der Waals surface area contributed by atoms with Crippen LogP contribution in [0.25, 0.3) is 10.9 Å². The molecule has 0 fully saturated rings. The predicted octanol–water partition coefficient (Wildman–Crippen LogP) is 2.87. The molecule has 0 atom stereocenters. The number of nitrogens with one attached hydrogen (secondary N) is 2. The minimum atomic E-state index is -0.145. The molecule has 0 bridgehead atoms. The van der Waals surface area contributed by atoms with Gasteiger partial charge in [-0.2, -0.15) is 0 Å². The third-order valence-electron chi connectivity index (χ3n) is 3.18. The molecule has 4 nitrogen and oxygen atoms in total. The summed E-state index contributed by atoms with van der Waals surface area (Å²) in [6, 6.07) is 15.1. The van der Waals surface area contributed by atoms with E-state index in [1.807, 2.05) is 30.3 Å². The fourth-order valence-corrected chi connectivity index (χ4v) is 2.33. The van der Waals surface area contributed by atoms with Gasteiger partial charge < -0.3 is 10.3 Å². The normalized spacial score (nSPS) is 10.9. The average molecular weight is 300 g/mol. The van der Waals surface area contributed by atoms with Gasteiger partial charge in [0.2, 0.25) is 0 Å². The predicted molar refractivity (Wildman–Crippen MR) is 84.4 cm³/mol. The highest BCUT2D eigenvalue weighted by Gasteiger charge is 2.04. The minimum absolute atomic E-state index is 0.145. The van der Waals surface area contributed by atoms with E-state index in [2.05, 4.69) is 15.3 Å². The molecule has 0 unspecified atom stereocenters. The first kappa shape index (κ1) is 13.8. The molecule has 0 aliphatic heterocycles. The van der Waals surface area contributed by atoms with Crippen LogP contribution < -0.4 is 10.9 Å². The summed E-state index contributed by atoms with van der Waals surface area (Å²) < 4.78 is 0. The fraction of sp³-hybridized carbons (Fsp3) is 0.125. The lowest BCUT2D eigenvalue weighted by atomic mass is 10.2. The third kappa shape index (κ3) is 3.29. The first-order chi connectivity index (χ1) is 10.2. The molecule has 0 amide bonds. The summed E-state index contributed by atoms with van der Waals surface area (Å²) in [5.74, 6) is 0.602. The minimum Gasteiger partial charge on any atom is -0.309 e. The van der Waals surface area contributed by atoms with Crippen LogP contribution in [0, 0.1) is 0 Å². The molecule has 0 aliphatic carbocycles. The van der Waals surface area contributed by atoms with Crippen LogP contribution in [0.1, 0.15) is 11.4 Å². The van der Waals surface area contributed by atoms with Crippen molar-refractivity contribution in [1.82, 2.24) is 15.3 Å². The second kappa shape index (κ2) is 6.08. The summed E-state index contributed by atoms with van der Waals surface area (Å²) in [6.45, 7) is 1.21. The van der Waals surface area contributed by atoms with Crippen LogP contribution in [-0.4, -0.2) is 9.97 Å². The van der Waals surface area contributed by atoms with E-state index in [9.17, 15) is 4.79 Å². The molecule has 5 heteroatoms. The van der Waals surface area contributed by atoms with Crippen molar-refractivity contribution < 1.29 is 0 Å². The number of benzene rings is 2. The van der Waals surface area contributed by atoms with E-state index < -0.39 is 0 Å². The second-order valence-electron chi connectivity index (χ2n) is 4.76. The van der Waals surface area contributed by atoms with Gasteiger partial charge in [-0.25, -0.2) is 4.98 Å². The molecule has 3 aromatic rings. The number of hydrogen-bond acceptors (Lipinski definition) is 3. The first-order valence-electron chi connectivity index (χ1n) is 6.65. The van der Waals surface area contributed by atoms with Crippen LogP contribution in [0.15, 0.2) is 53.3 Å². The number of aromatic amines is 1. The van der Waals surface area contributed by atoms with Crippen molar-refractivity contribution in [3.63, 3.8) is 0 Å². The molecule has 21 heavy (non-hydrogen) atoms. The number of halogens is 1. The summed E-state index contributed by atoms with van der Waals surface area (Å²) in [6.07, 6.45) is 0. The summed E-state index contributed by atoms with van der Waals surface area (Å²) in [5, 5.41) is 4.38. The Labute approximate surface area is 126 Å². The zero-order chi connectivity index (χ0) is 14.7. The molecule has 0 radical (unpaired) electrons. The molecule has 3 rings (SSSR count). The number of fused-ring (bicyclic) bond motifs is 1. The van der Waals surface area contributed by atoms with Gasteiger partial charge in [0.25, 0.3) is 5.56 Å². The highest BCUT2D eigenvalue weighted by molar-refractivity contribution is 6.31. The SMILES string of the molecule is O=c1[nH]c(CNCc2ccccc2)nc2cc(Cl)ccc12. The Kier molecular flexibility index (Phi) is 3.99. The molecule has 106 valence electrons. The maximum Gasteiger partial charge on any atom is 0.258 e. The summed E-state index contributed by atoms with van der Waals surface area (Å²) in [5.41, 5.74) is 1.65. The summed E-state index contributed by atoms with van der Waals surface area (Å²) >= 11 is 5.94. The Balaban J connectivity index is 1.77. The van der Waals surface area contributed by atoms with E-state index in [1.54, 1.807) is 18.2 Å². The van der Waals surface area contributed by atoms with Crippen molar-refractivity contribution in [3.05, 3.63) is 75.3 Å². The van der Waals surface area contributed by atoms with E-state index in [-0.39, 0.29) is 5.56 Å². The fourth-order valence-electron chi connectivity index (χ4n) is 2.17. The van der Waals surface area contributed by atoms with Gasteiger partial charge in [-0.1, -0.05) is 41.9 Å². The Morgan fingerprint density at radius 3 is 2.71 bits per heavy atom. The zero-order valence-corrected chi connectivity index (χ0v) is 12.0. The smallest absolute Gasteiger partial charge is 0.258 e. The Morgan fingerprint density at radius 2 is 1.90 bits per heavy atom. The average Bonchev–Trinajstić information content (AvgIpc) is 2.48. The monoisotopic (exact) mass is 299 g/mol. The van der Waals surface area contributed by atoms with Gasteiger partial charge in [-0.05, 0) is 23.8 Å². The standard InChI is InChI=1S/C16H14ClN3O/c17-12-6-7-13-14(8-12)19-15(20-16(13)21)10-18-9-11-4-2-1-3-5-11/h1-8,18H,9-10H2,(H,19,20,21). The van der Waals surface area contributed by atoms with Crippen LogP contribution >= 0.6 is 11.6 Å². The lowest BCUT2D eigenvalue weighted by Crippen LogP contribution is -2.19. The highest BCUT2D eigenvalue weighted by atomic mass is 35.5. The van der Waals surface area contributed by atoms with E-state index in [0.29, 0.717) is 28.3 Å². The van der Waals surface area contributed by atoms with Gasteiger partial charge in [-0.3, -0.25) is 4.79 Å². The van der Waals surface area contributed by atoms with Crippen LogP contribution in [0.5, 0.6) is 0 Å². The van der Waals surface area contributed by atoms with Gasteiger partial charge in [0.05, 0.1) is 17.4 Å². The Bertz CT molecular complexity index is 815. The zero-order valence-electron chi connectivity index (χ0n) is 11.3. The molecular weight excluding hydrogens is 286 g/mol. The summed E-state index contributed by atoms with van der Waals surface area (Å²) in [4.78, 5) is 19.2. The van der Waals surface area contributed by atoms with Gasteiger partial charge in [0, 0.05) is 11.6 Å². The number of H-pyrrole nitrogens is 1. The molecular formula is C16H14ClN3O. The molecule has 0 saturated heterocycles. The van der Waals surface area contributed by atoms with Gasteiger partial charge >= 0.3 is 0 Å². The van der Waals surface area contributed by atoms with Gasteiger partial charge in [0.1, 0.15) is 5.82 Å². The van der Waals surface area contributed by atoms with Crippen LogP contribution in [0.4, 0.5) is 0 Å². The molecule has 2 aromatic carbocycles. The maximum absolute atomic E-state index is 12.0. The number of nitrogens with zero attached hydrogens (tertiary/aromatic N) is 1. The number of aromatic nitrogens is 2. The van der Waals surface area contributed by atoms with Crippen molar-refractivity contribution in [1.29, 1.82) is 0 Å². The maximum atomic E-state index is 12.0. The molecule has 0 aliphatic rings. The topological polar surface area (TPSA) is 57.8 Å².